The Hall–Kier alpha value is -3.96. The largest absolute Gasteiger partial charge is 0.497 e. The minimum absolute atomic E-state index is 0.113. The summed E-state index contributed by atoms with van der Waals surface area (Å²) in [4.78, 5) is 25.3. The molecule has 3 rings (SSSR count). The Kier molecular flexibility index (Phi) is 11.4. The second kappa shape index (κ2) is 15.2. The Balaban J connectivity index is 1.36. The van der Waals surface area contributed by atoms with Crippen LogP contribution in [0.4, 0.5) is 23.5 Å². The van der Waals surface area contributed by atoms with Crippen LogP contribution in [-0.2, 0) is 9.47 Å². The normalized spacial score (nSPS) is 10.7. The number of ether oxygens (including phenoxy) is 3. The molecule has 4 N–H and O–H groups in total. The maximum absolute atomic E-state index is 12.0. The molecule has 11 nitrogen and oxygen atoms in total. The number of nitrogens with zero attached hydrogens (tertiary/aromatic N) is 3. The first-order valence-corrected chi connectivity index (χ1v) is 12.2. The number of methoxy groups -OCH3 is 1. The van der Waals surface area contributed by atoms with Gasteiger partial charge in [-0.05, 0) is 38.1 Å². The van der Waals surface area contributed by atoms with Gasteiger partial charge in [0, 0.05) is 36.4 Å². The van der Waals surface area contributed by atoms with E-state index in [0.29, 0.717) is 62.9 Å². The fraction of sp³-hybridized carbons (Fsp3) is 0.385. The smallest absolute Gasteiger partial charge is 0.251 e. The summed E-state index contributed by atoms with van der Waals surface area (Å²) in [5.74, 6) is 1.92. The lowest BCUT2D eigenvalue weighted by Gasteiger charge is -2.13. The summed E-state index contributed by atoms with van der Waals surface area (Å²) in [6, 6.07) is 16.8. The number of rotatable bonds is 16. The summed E-state index contributed by atoms with van der Waals surface area (Å²) in [5, 5.41) is 12.4. The lowest BCUT2D eigenvalue weighted by molar-refractivity contribution is 0.0519. The van der Waals surface area contributed by atoms with Gasteiger partial charge in [-0.25, -0.2) is 0 Å². The number of aromatic nitrogens is 3. The highest BCUT2D eigenvalue weighted by Crippen LogP contribution is 2.20. The van der Waals surface area contributed by atoms with Gasteiger partial charge in [0.15, 0.2) is 0 Å². The van der Waals surface area contributed by atoms with E-state index in [9.17, 15) is 4.79 Å². The molecule has 3 aromatic rings. The number of hydrogen-bond donors (Lipinski definition) is 4. The van der Waals surface area contributed by atoms with E-state index in [0.717, 1.165) is 11.4 Å². The SMILES string of the molecule is COc1cccc(Nc2nc(NCCOCCOCCNC(=O)c3ccccc3)nc(NC(C)C)n2)c1. The third-order valence-corrected chi connectivity index (χ3v) is 4.85. The highest BCUT2D eigenvalue weighted by molar-refractivity contribution is 5.94. The maximum atomic E-state index is 12.0. The van der Waals surface area contributed by atoms with Gasteiger partial charge in [-0.15, -0.1) is 0 Å². The van der Waals surface area contributed by atoms with E-state index in [4.69, 9.17) is 14.2 Å². The van der Waals surface area contributed by atoms with Crippen molar-refractivity contribution in [2.45, 2.75) is 19.9 Å². The van der Waals surface area contributed by atoms with Gasteiger partial charge >= 0.3 is 0 Å². The quantitative estimate of drug-likeness (QED) is 0.213. The highest BCUT2D eigenvalue weighted by atomic mass is 16.5. The van der Waals surface area contributed by atoms with E-state index in [1.807, 2.05) is 56.3 Å². The summed E-state index contributed by atoms with van der Waals surface area (Å²) in [7, 11) is 1.62. The number of carbonyl (C=O) groups is 1. The third-order valence-electron chi connectivity index (χ3n) is 4.85. The van der Waals surface area contributed by atoms with E-state index in [1.54, 1.807) is 19.2 Å². The van der Waals surface area contributed by atoms with Crippen LogP contribution in [0, 0.1) is 0 Å². The van der Waals surface area contributed by atoms with Crippen molar-refractivity contribution in [2.24, 2.45) is 0 Å². The molecule has 0 unspecified atom stereocenters. The van der Waals surface area contributed by atoms with Gasteiger partial charge in [0.25, 0.3) is 5.91 Å². The predicted octanol–water partition coefficient (Wildman–Crippen LogP) is 3.32. The molecule has 1 aromatic heterocycles. The number of carbonyl (C=O) groups excluding carboxylic acids is 1. The van der Waals surface area contributed by atoms with E-state index in [1.165, 1.54) is 0 Å². The van der Waals surface area contributed by atoms with Crippen molar-refractivity contribution in [3.8, 4) is 5.75 Å². The van der Waals surface area contributed by atoms with Crippen molar-refractivity contribution in [1.29, 1.82) is 0 Å². The van der Waals surface area contributed by atoms with Crippen LogP contribution in [0.5, 0.6) is 5.75 Å². The minimum Gasteiger partial charge on any atom is -0.497 e. The Morgan fingerprint density at radius 3 is 2.27 bits per heavy atom. The van der Waals surface area contributed by atoms with Crippen LogP contribution < -0.4 is 26.0 Å². The van der Waals surface area contributed by atoms with Gasteiger partial charge in [-0.1, -0.05) is 24.3 Å². The van der Waals surface area contributed by atoms with Gasteiger partial charge in [0.05, 0.1) is 33.5 Å². The molecule has 0 bridgehead atoms. The van der Waals surface area contributed by atoms with Gasteiger partial charge in [-0.3, -0.25) is 4.79 Å². The van der Waals surface area contributed by atoms with Crippen molar-refractivity contribution < 1.29 is 19.0 Å². The van der Waals surface area contributed by atoms with Crippen LogP contribution in [0.25, 0.3) is 0 Å². The molecule has 37 heavy (non-hydrogen) atoms. The summed E-state index contributed by atoms with van der Waals surface area (Å²) in [6.07, 6.45) is 0. The van der Waals surface area contributed by atoms with E-state index < -0.39 is 0 Å². The molecule has 0 aliphatic heterocycles. The first kappa shape index (κ1) is 27.6. The van der Waals surface area contributed by atoms with Crippen LogP contribution in [0.3, 0.4) is 0 Å². The average Bonchev–Trinajstić information content (AvgIpc) is 2.89. The topological polar surface area (TPSA) is 132 Å². The second-order valence-electron chi connectivity index (χ2n) is 8.24. The van der Waals surface area contributed by atoms with Crippen LogP contribution >= 0.6 is 0 Å². The summed E-state index contributed by atoms with van der Waals surface area (Å²) in [5.41, 5.74) is 1.43. The van der Waals surface area contributed by atoms with E-state index in [2.05, 4.69) is 36.2 Å². The van der Waals surface area contributed by atoms with Crippen molar-refractivity contribution >= 4 is 29.4 Å². The van der Waals surface area contributed by atoms with Gasteiger partial charge in [0.2, 0.25) is 17.8 Å². The fourth-order valence-corrected chi connectivity index (χ4v) is 3.15. The van der Waals surface area contributed by atoms with Crippen LogP contribution in [0.15, 0.2) is 54.6 Å². The second-order valence-corrected chi connectivity index (χ2v) is 8.24. The monoisotopic (exact) mass is 509 g/mol. The minimum atomic E-state index is -0.113. The maximum Gasteiger partial charge on any atom is 0.251 e. The highest BCUT2D eigenvalue weighted by Gasteiger charge is 2.09. The number of hydrogen-bond acceptors (Lipinski definition) is 10. The molecule has 0 fully saturated rings. The molecule has 0 atom stereocenters. The Bertz CT molecular complexity index is 1100. The molecule has 1 heterocycles. The molecule has 1 amide bonds. The van der Waals surface area contributed by atoms with Crippen LogP contribution in [0.1, 0.15) is 24.2 Å². The number of benzene rings is 2. The van der Waals surface area contributed by atoms with Gasteiger partial charge < -0.3 is 35.5 Å². The molecule has 0 saturated carbocycles. The molecule has 0 spiro atoms. The zero-order chi connectivity index (χ0) is 26.3. The Labute approximate surface area is 217 Å². The zero-order valence-electron chi connectivity index (χ0n) is 21.5. The van der Waals surface area contributed by atoms with Crippen molar-refractivity contribution in [3.05, 3.63) is 60.2 Å². The fourth-order valence-electron chi connectivity index (χ4n) is 3.15. The van der Waals surface area contributed by atoms with Crippen LogP contribution in [-0.4, -0.2) is 73.5 Å². The van der Waals surface area contributed by atoms with E-state index >= 15 is 0 Å². The van der Waals surface area contributed by atoms with Crippen molar-refractivity contribution in [1.82, 2.24) is 20.3 Å². The molecule has 2 aromatic carbocycles. The molecular formula is C26H35N7O4. The predicted molar refractivity (Wildman–Crippen MR) is 144 cm³/mol. The third kappa shape index (κ3) is 10.3. The van der Waals surface area contributed by atoms with E-state index in [-0.39, 0.29) is 11.9 Å². The number of amides is 1. The van der Waals surface area contributed by atoms with Crippen molar-refractivity contribution in [3.63, 3.8) is 0 Å². The van der Waals surface area contributed by atoms with Crippen molar-refractivity contribution in [2.75, 3.05) is 62.6 Å². The van der Waals surface area contributed by atoms with Gasteiger partial charge in [0.1, 0.15) is 5.75 Å². The number of anilines is 4. The average molecular weight is 510 g/mol. The molecule has 0 saturated heterocycles. The first-order chi connectivity index (χ1) is 18.0. The summed E-state index contributed by atoms with van der Waals surface area (Å²) in [6.45, 7) is 6.71. The molecule has 0 radical (unpaired) electrons. The number of nitrogens with one attached hydrogen (secondary N) is 4. The van der Waals surface area contributed by atoms with Crippen LogP contribution in [0.2, 0.25) is 0 Å². The van der Waals surface area contributed by atoms with Gasteiger partial charge in [-0.2, -0.15) is 15.0 Å². The molecule has 11 heteroatoms. The lowest BCUT2D eigenvalue weighted by atomic mass is 10.2. The standard InChI is InChI=1S/C26H35N7O4/c1-19(2)29-25-31-24(32-26(33-25)30-21-10-7-11-22(18-21)35-3)28-13-15-37-17-16-36-14-12-27-23(34)20-8-5-4-6-9-20/h4-11,18-19H,12-17H2,1-3H3,(H,27,34)(H3,28,29,30,31,32,33). The molecular weight excluding hydrogens is 474 g/mol. The first-order valence-electron chi connectivity index (χ1n) is 12.2. The lowest BCUT2D eigenvalue weighted by Crippen LogP contribution is -2.27. The molecule has 0 aliphatic rings. The summed E-state index contributed by atoms with van der Waals surface area (Å²) >= 11 is 0. The Morgan fingerprint density at radius 2 is 1.54 bits per heavy atom. The summed E-state index contributed by atoms with van der Waals surface area (Å²) < 4.78 is 16.4. The molecule has 0 aliphatic carbocycles. The zero-order valence-corrected chi connectivity index (χ0v) is 21.5. The Morgan fingerprint density at radius 1 is 0.838 bits per heavy atom. The molecule has 198 valence electrons.